The predicted octanol–water partition coefficient (Wildman–Crippen LogP) is 4.60. The Bertz CT molecular complexity index is 1750. The van der Waals surface area contributed by atoms with Crippen LogP contribution in [0.2, 0.25) is 0 Å². The number of carbonyl (C=O) groups excluding carboxylic acids is 1. The second kappa shape index (κ2) is 15.3. The molecule has 1 aliphatic rings. The van der Waals surface area contributed by atoms with Crippen molar-refractivity contribution in [2.45, 2.75) is 57.0 Å². The molecule has 5 rings (SSSR count). The molecule has 4 aromatic rings. The van der Waals surface area contributed by atoms with Gasteiger partial charge in [-0.05, 0) is 86.0 Å². The van der Waals surface area contributed by atoms with Crippen LogP contribution in [0, 0.1) is 6.92 Å². The van der Waals surface area contributed by atoms with Gasteiger partial charge in [0.05, 0.1) is 30.1 Å². The highest BCUT2D eigenvalue weighted by Gasteiger charge is 2.43. The number of rotatable bonds is 14. The summed E-state index contributed by atoms with van der Waals surface area (Å²) >= 11 is 0. The van der Waals surface area contributed by atoms with Crippen LogP contribution in [0.4, 0.5) is 0 Å². The minimum absolute atomic E-state index is 0.000920. The number of hydrogen-bond acceptors (Lipinski definition) is 7. The van der Waals surface area contributed by atoms with Crippen molar-refractivity contribution in [3.63, 3.8) is 0 Å². The van der Waals surface area contributed by atoms with E-state index >= 15 is 0 Å². The number of ether oxygens (including phenoxy) is 1. The van der Waals surface area contributed by atoms with Crippen LogP contribution in [0.3, 0.4) is 0 Å². The van der Waals surface area contributed by atoms with E-state index in [2.05, 4.69) is 10.3 Å². The SMILES string of the molecule is Cc1cc(CC(=O)N2CCC(C(=O)O)(c3ccccc3)CC2)ccc1OCCCCCNC[C@H](O)c1ccc(O)c2[nH]c(=O)ccc12. The number of likely N-dealkylation sites (tertiary alicyclic amines) is 1. The van der Waals surface area contributed by atoms with Gasteiger partial charge in [0.2, 0.25) is 11.5 Å². The van der Waals surface area contributed by atoms with Gasteiger partial charge in [-0.15, -0.1) is 0 Å². The number of aromatic hydroxyl groups is 1. The fraction of sp³-hybridized carbons (Fsp3) is 0.378. The standard InChI is InChI=1S/C37H43N3O7/c1-25-22-26(23-34(44)40-19-16-37(17-20-40,36(45)46)27-8-4-2-5-9-27)10-14-32(25)47-21-7-3-6-18-38-24-31(42)28-11-13-30(41)35-29(28)12-15-33(43)39-35/h2,4-5,8-15,22,31,38,41-42H,3,6-7,16-21,23-24H2,1H3,(H,39,43)(H,45,46)/t31-/m0/s1. The number of nitrogens with zero attached hydrogens (tertiary/aromatic N) is 1. The maximum Gasteiger partial charge on any atom is 0.314 e. The van der Waals surface area contributed by atoms with Gasteiger partial charge in [-0.2, -0.15) is 0 Å². The molecule has 47 heavy (non-hydrogen) atoms. The van der Waals surface area contributed by atoms with Gasteiger partial charge < -0.3 is 35.3 Å². The molecule has 0 bridgehead atoms. The van der Waals surface area contributed by atoms with Crippen LogP contribution < -0.4 is 15.6 Å². The molecule has 2 heterocycles. The number of fused-ring (bicyclic) bond motifs is 1. The molecule has 1 fully saturated rings. The van der Waals surface area contributed by atoms with Crippen molar-refractivity contribution in [1.82, 2.24) is 15.2 Å². The number of aromatic amines is 1. The smallest absolute Gasteiger partial charge is 0.314 e. The van der Waals surface area contributed by atoms with E-state index in [9.17, 15) is 29.7 Å². The summed E-state index contributed by atoms with van der Waals surface area (Å²) in [7, 11) is 0. The summed E-state index contributed by atoms with van der Waals surface area (Å²) in [6.45, 7) is 4.43. The number of aliphatic carboxylic acids is 1. The van der Waals surface area contributed by atoms with Crippen LogP contribution in [0.25, 0.3) is 10.9 Å². The van der Waals surface area contributed by atoms with Crippen LogP contribution in [-0.4, -0.2) is 69.9 Å². The molecule has 3 aromatic carbocycles. The Morgan fingerprint density at radius 3 is 2.49 bits per heavy atom. The van der Waals surface area contributed by atoms with E-state index < -0.39 is 17.5 Å². The number of piperidine rings is 1. The predicted molar refractivity (Wildman–Crippen MR) is 180 cm³/mol. The van der Waals surface area contributed by atoms with E-state index in [-0.39, 0.29) is 23.6 Å². The quantitative estimate of drug-likeness (QED) is 0.125. The third kappa shape index (κ3) is 8.01. The van der Waals surface area contributed by atoms with Crippen molar-refractivity contribution in [2.24, 2.45) is 0 Å². The highest BCUT2D eigenvalue weighted by Crippen LogP contribution is 2.36. The number of phenolic OH excluding ortho intramolecular Hbond substituents is 1. The van der Waals surface area contributed by atoms with E-state index in [1.54, 1.807) is 17.0 Å². The summed E-state index contributed by atoms with van der Waals surface area (Å²) in [6, 6.07) is 21.2. The normalized spacial score (nSPS) is 15.0. The molecular weight excluding hydrogens is 598 g/mol. The number of aromatic nitrogens is 1. The summed E-state index contributed by atoms with van der Waals surface area (Å²) in [4.78, 5) is 41.3. The van der Waals surface area contributed by atoms with Crippen molar-refractivity contribution in [3.8, 4) is 11.5 Å². The van der Waals surface area contributed by atoms with E-state index in [0.29, 0.717) is 55.5 Å². The first kappa shape index (κ1) is 33.7. The molecule has 0 saturated carbocycles. The molecule has 0 spiro atoms. The first-order valence-corrected chi connectivity index (χ1v) is 16.2. The highest BCUT2D eigenvalue weighted by molar-refractivity contribution is 5.87. The number of aryl methyl sites for hydroxylation is 1. The zero-order valence-corrected chi connectivity index (χ0v) is 26.7. The number of H-pyrrole nitrogens is 1. The number of aliphatic hydroxyl groups excluding tert-OH is 1. The monoisotopic (exact) mass is 641 g/mol. The zero-order valence-electron chi connectivity index (χ0n) is 26.7. The molecule has 5 N–H and O–H groups in total. The lowest BCUT2D eigenvalue weighted by atomic mass is 9.73. The molecule has 248 valence electrons. The Kier molecular flexibility index (Phi) is 11.0. The van der Waals surface area contributed by atoms with Crippen LogP contribution in [0.15, 0.2) is 77.6 Å². The minimum Gasteiger partial charge on any atom is -0.506 e. The fourth-order valence-electron chi connectivity index (χ4n) is 6.40. The molecule has 0 aliphatic carbocycles. The number of nitrogens with one attached hydrogen (secondary N) is 2. The lowest BCUT2D eigenvalue weighted by Crippen LogP contribution is -2.49. The van der Waals surface area contributed by atoms with Crippen LogP contribution >= 0.6 is 0 Å². The van der Waals surface area contributed by atoms with Gasteiger partial charge in [-0.25, -0.2) is 0 Å². The molecular formula is C37H43N3O7. The molecule has 0 unspecified atom stereocenters. The van der Waals surface area contributed by atoms with Crippen LogP contribution in [0.5, 0.6) is 11.5 Å². The lowest BCUT2D eigenvalue weighted by molar-refractivity contribution is -0.148. The number of amides is 1. The number of aliphatic hydroxyl groups is 1. The first-order chi connectivity index (χ1) is 22.7. The molecule has 1 amide bonds. The number of pyridine rings is 1. The van der Waals surface area contributed by atoms with Gasteiger partial charge >= 0.3 is 5.97 Å². The molecule has 1 saturated heterocycles. The van der Waals surface area contributed by atoms with Gasteiger partial charge in [-0.1, -0.05) is 48.5 Å². The van der Waals surface area contributed by atoms with Crippen molar-refractivity contribution >= 4 is 22.8 Å². The summed E-state index contributed by atoms with van der Waals surface area (Å²) in [5, 5.41) is 34.7. The van der Waals surface area contributed by atoms with Gasteiger partial charge in [0.15, 0.2) is 0 Å². The van der Waals surface area contributed by atoms with Crippen LogP contribution in [-0.2, 0) is 21.4 Å². The summed E-state index contributed by atoms with van der Waals surface area (Å²) in [6.07, 6.45) is 2.99. The average molecular weight is 642 g/mol. The number of phenols is 1. The molecule has 0 radical (unpaired) electrons. The fourth-order valence-corrected chi connectivity index (χ4v) is 6.40. The number of benzene rings is 3. The molecule has 10 heteroatoms. The highest BCUT2D eigenvalue weighted by atomic mass is 16.5. The number of carboxylic acid groups (broad SMARTS) is 1. The third-order valence-electron chi connectivity index (χ3n) is 9.16. The third-order valence-corrected chi connectivity index (χ3v) is 9.16. The summed E-state index contributed by atoms with van der Waals surface area (Å²) in [5.41, 5.74) is 2.34. The number of carboxylic acids is 1. The Hall–Kier alpha value is -4.67. The van der Waals surface area contributed by atoms with E-state index in [0.717, 1.165) is 48.2 Å². The molecule has 1 aromatic heterocycles. The van der Waals surface area contributed by atoms with Crippen molar-refractivity contribution in [1.29, 1.82) is 0 Å². The van der Waals surface area contributed by atoms with Crippen molar-refractivity contribution in [2.75, 3.05) is 32.8 Å². The average Bonchev–Trinajstić information content (AvgIpc) is 3.07. The Labute approximate surface area is 274 Å². The summed E-state index contributed by atoms with van der Waals surface area (Å²) < 4.78 is 6.00. The minimum atomic E-state index is -0.957. The number of hydrogen-bond donors (Lipinski definition) is 5. The van der Waals surface area contributed by atoms with Gasteiger partial charge in [-0.3, -0.25) is 14.4 Å². The maximum atomic E-state index is 13.1. The van der Waals surface area contributed by atoms with Crippen molar-refractivity contribution < 1.29 is 29.6 Å². The Morgan fingerprint density at radius 1 is 1.00 bits per heavy atom. The number of carbonyl (C=O) groups is 2. The van der Waals surface area contributed by atoms with Gasteiger partial charge in [0, 0.05) is 31.1 Å². The lowest BCUT2D eigenvalue weighted by Gasteiger charge is -2.39. The molecule has 1 atom stereocenters. The Morgan fingerprint density at radius 2 is 1.77 bits per heavy atom. The zero-order chi connectivity index (χ0) is 33.4. The van der Waals surface area contributed by atoms with Gasteiger partial charge in [0.25, 0.3) is 0 Å². The van der Waals surface area contributed by atoms with Crippen LogP contribution in [0.1, 0.15) is 60.5 Å². The Balaban J connectivity index is 1.00. The first-order valence-electron chi connectivity index (χ1n) is 16.2. The maximum absolute atomic E-state index is 13.1. The second-order valence-electron chi connectivity index (χ2n) is 12.3. The van der Waals surface area contributed by atoms with Crippen molar-refractivity contribution in [3.05, 3.63) is 105 Å². The largest absolute Gasteiger partial charge is 0.506 e. The van der Waals surface area contributed by atoms with Gasteiger partial charge in [0.1, 0.15) is 11.5 Å². The topological polar surface area (TPSA) is 152 Å². The second-order valence-corrected chi connectivity index (χ2v) is 12.3. The van der Waals surface area contributed by atoms with E-state index in [1.165, 1.54) is 12.1 Å². The molecule has 10 nitrogen and oxygen atoms in total. The van der Waals surface area contributed by atoms with E-state index in [4.69, 9.17) is 4.74 Å². The van der Waals surface area contributed by atoms with E-state index in [1.807, 2.05) is 55.5 Å². The number of unbranched alkanes of at least 4 members (excludes halogenated alkanes) is 2. The summed E-state index contributed by atoms with van der Waals surface area (Å²) in [5.74, 6) is -0.0828. The molecule has 1 aliphatic heterocycles.